The van der Waals surface area contributed by atoms with E-state index in [1.54, 1.807) is 0 Å². The quantitative estimate of drug-likeness (QED) is 0.510. The number of thioether (sulfide) groups is 1. The van der Waals surface area contributed by atoms with Gasteiger partial charge in [-0.05, 0) is 49.1 Å². The van der Waals surface area contributed by atoms with Crippen LogP contribution in [0.1, 0.15) is 37.7 Å². The summed E-state index contributed by atoms with van der Waals surface area (Å²) in [4.78, 5) is 9.49. The first-order valence-corrected chi connectivity index (χ1v) is 11.4. The highest BCUT2D eigenvalue weighted by atomic mass is 35.5. The first-order valence-electron chi connectivity index (χ1n) is 9.77. The van der Waals surface area contributed by atoms with E-state index in [0.29, 0.717) is 10.9 Å². The van der Waals surface area contributed by atoms with Crippen LogP contribution in [-0.2, 0) is 0 Å². The van der Waals surface area contributed by atoms with Crippen molar-refractivity contribution in [3.63, 3.8) is 0 Å². The Labute approximate surface area is 184 Å². The van der Waals surface area contributed by atoms with Gasteiger partial charge in [-0.1, -0.05) is 60.1 Å². The predicted octanol–water partition coefficient (Wildman–Crippen LogP) is 6.36. The second-order valence-corrected chi connectivity index (χ2v) is 9.81. The van der Waals surface area contributed by atoms with Gasteiger partial charge in [-0.15, -0.1) is 0 Å². The molecule has 2 aliphatic rings. The Morgan fingerprint density at radius 2 is 2.00 bits per heavy atom. The third-order valence-corrected chi connectivity index (χ3v) is 7.29. The topological polar surface area (TPSA) is 35.2 Å². The Hall–Kier alpha value is -1.66. The fourth-order valence-corrected chi connectivity index (χ4v) is 5.64. The maximum Gasteiger partial charge on any atom is 0.126 e. The van der Waals surface area contributed by atoms with E-state index in [1.807, 2.05) is 48.2 Å². The number of imidazole rings is 1. The molecule has 1 radical (unpaired) electrons. The third kappa shape index (κ3) is 3.44. The summed E-state index contributed by atoms with van der Waals surface area (Å²) in [6, 6.07) is 14.0. The van der Waals surface area contributed by atoms with E-state index in [0.717, 1.165) is 45.3 Å². The molecule has 4 nitrogen and oxygen atoms in total. The minimum Gasteiger partial charge on any atom is -0.341 e. The molecule has 1 fully saturated rings. The Bertz CT molecular complexity index is 1100. The fraction of sp³-hybridized carbons (Fsp3) is 0.318. The first-order chi connectivity index (χ1) is 14.0. The molecule has 149 valence electrons. The highest BCUT2D eigenvalue weighted by Gasteiger charge is 2.41. The molecule has 1 unspecified atom stereocenters. The van der Waals surface area contributed by atoms with Gasteiger partial charge < -0.3 is 4.98 Å². The lowest BCUT2D eigenvalue weighted by molar-refractivity contribution is -0.0128. The summed E-state index contributed by atoms with van der Waals surface area (Å²) in [5.74, 6) is 1.44. The van der Waals surface area contributed by atoms with Crippen LogP contribution in [0.3, 0.4) is 0 Å². The molecule has 5 rings (SSSR count). The van der Waals surface area contributed by atoms with Gasteiger partial charge in [0.05, 0.1) is 28.2 Å². The first kappa shape index (κ1) is 19.3. The van der Waals surface area contributed by atoms with Gasteiger partial charge in [-0.2, -0.15) is 0 Å². The van der Waals surface area contributed by atoms with E-state index in [4.69, 9.17) is 28.2 Å². The van der Waals surface area contributed by atoms with Crippen molar-refractivity contribution >= 4 is 50.9 Å². The van der Waals surface area contributed by atoms with Crippen LogP contribution in [0, 0.1) is 12.1 Å². The molecule has 2 aromatic carbocycles. The Morgan fingerprint density at radius 3 is 2.79 bits per heavy atom. The van der Waals surface area contributed by atoms with E-state index in [9.17, 15) is 0 Å². The number of para-hydroxylation sites is 1. The maximum atomic E-state index is 6.36. The molecule has 1 aromatic heterocycles. The number of benzene rings is 2. The predicted molar refractivity (Wildman–Crippen MR) is 121 cm³/mol. The zero-order valence-corrected chi connectivity index (χ0v) is 18.5. The van der Waals surface area contributed by atoms with Crippen LogP contribution >= 0.6 is 35.0 Å². The molecule has 1 saturated heterocycles. The zero-order valence-electron chi connectivity index (χ0n) is 16.2. The van der Waals surface area contributed by atoms with Crippen molar-refractivity contribution in [2.24, 2.45) is 5.92 Å². The normalized spacial score (nSPS) is 25.2. The summed E-state index contributed by atoms with van der Waals surface area (Å²) in [7, 11) is 0. The minimum absolute atomic E-state index is 0.160. The lowest BCUT2D eigenvalue weighted by atomic mass is 10.0. The van der Waals surface area contributed by atoms with Crippen LogP contribution in [0.2, 0.25) is 10.0 Å². The van der Waals surface area contributed by atoms with Crippen LogP contribution < -0.4 is 0 Å². The van der Waals surface area contributed by atoms with Crippen molar-refractivity contribution in [2.75, 3.05) is 6.54 Å². The highest BCUT2D eigenvalue weighted by Crippen LogP contribution is 2.45. The number of aromatic nitrogens is 2. The lowest BCUT2D eigenvalue weighted by Crippen LogP contribution is -2.42. The van der Waals surface area contributed by atoms with E-state index in [1.165, 1.54) is 0 Å². The van der Waals surface area contributed by atoms with Crippen LogP contribution in [0.4, 0.5) is 0 Å². The number of fused-ring (bicyclic) bond motifs is 1. The van der Waals surface area contributed by atoms with Crippen molar-refractivity contribution in [1.29, 1.82) is 0 Å². The van der Waals surface area contributed by atoms with E-state index < -0.39 is 0 Å². The number of H-pyrrole nitrogens is 1. The molecule has 7 heteroatoms. The van der Waals surface area contributed by atoms with Gasteiger partial charge in [0.2, 0.25) is 0 Å². The summed E-state index contributed by atoms with van der Waals surface area (Å²) >= 11 is 14.4. The Kier molecular flexibility index (Phi) is 5.03. The monoisotopic (exact) mass is 443 g/mol. The molecule has 3 heterocycles. The van der Waals surface area contributed by atoms with E-state index in [-0.39, 0.29) is 11.4 Å². The maximum absolute atomic E-state index is 6.36. The van der Waals surface area contributed by atoms with Crippen molar-refractivity contribution in [1.82, 2.24) is 20.0 Å². The van der Waals surface area contributed by atoms with Gasteiger partial charge in [-0.25, -0.2) is 9.99 Å². The molecular weight excluding hydrogens is 423 g/mol. The van der Waals surface area contributed by atoms with Crippen LogP contribution in [0.25, 0.3) is 15.9 Å². The number of hydrogen-bond acceptors (Lipinski definition) is 4. The van der Waals surface area contributed by atoms with Crippen molar-refractivity contribution in [3.05, 3.63) is 70.1 Å². The number of aromatic amines is 1. The summed E-state index contributed by atoms with van der Waals surface area (Å²) in [6.07, 6.45) is 4.71. The number of halogens is 2. The third-order valence-electron chi connectivity index (χ3n) is 5.65. The number of hydrazine groups is 1. The number of nitrogens with zero attached hydrogens (tertiary/aromatic N) is 3. The summed E-state index contributed by atoms with van der Waals surface area (Å²) in [5, 5.41) is 6.32. The molecule has 3 aromatic rings. The van der Waals surface area contributed by atoms with Gasteiger partial charge in [0.25, 0.3) is 0 Å². The molecule has 29 heavy (non-hydrogen) atoms. The second kappa shape index (κ2) is 7.55. The molecule has 0 bridgehead atoms. The largest absolute Gasteiger partial charge is 0.341 e. The average Bonchev–Trinajstić information content (AvgIpc) is 3.38. The fourth-order valence-electron chi connectivity index (χ4n) is 4.21. The molecule has 0 amide bonds. The molecule has 0 spiro atoms. The van der Waals surface area contributed by atoms with Crippen molar-refractivity contribution in [2.45, 2.75) is 31.7 Å². The SMILES string of the molecule is CC1SC(c2cccc(Cl)c2)=[C]N1N1CC[C@H](C)[C@H]1c1nc2c(Cl)cccc2[nH]1. The molecule has 3 atom stereocenters. The molecule has 2 aliphatic heterocycles. The molecule has 0 aliphatic carbocycles. The Morgan fingerprint density at radius 1 is 1.17 bits per heavy atom. The summed E-state index contributed by atoms with van der Waals surface area (Å²) < 4.78 is 0. The van der Waals surface area contributed by atoms with Gasteiger partial charge in [0, 0.05) is 16.5 Å². The zero-order chi connectivity index (χ0) is 20.1. The van der Waals surface area contributed by atoms with Crippen LogP contribution in [-0.4, -0.2) is 31.9 Å². The number of hydrogen-bond donors (Lipinski definition) is 1. The molecular formula is C22H21Cl2N4S. The molecule has 0 saturated carbocycles. The van der Waals surface area contributed by atoms with Gasteiger partial charge in [0.1, 0.15) is 11.3 Å². The minimum atomic E-state index is 0.160. The van der Waals surface area contributed by atoms with Gasteiger partial charge in [0.15, 0.2) is 0 Å². The highest BCUT2D eigenvalue weighted by molar-refractivity contribution is 8.09. The standard InChI is InChI=1S/C22H21Cl2N4S/c1-13-9-10-27(21(13)22-25-18-8-4-7-17(24)20(18)26-22)28-12-19(29-14(28)2)15-5-3-6-16(23)11-15/h3-8,11,13-14,21H,9-10H2,1-2H3,(H,25,26)/t13-,14?,21-/m0/s1. The van der Waals surface area contributed by atoms with E-state index >= 15 is 0 Å². The van der Waals surface area contributed by atoms with Crippen molar-refractivity contribution in [3.8, 4) is 0 Å². The van der Waals surface area contributed by atoms with Crippen LogP contribution in [0.15, 0.2) is 42.5 Å². The number of rotatable bonds is 3. The summed E-state index contributed by atoms with van der Waals surface area (Å²) in [5.41, 5.74) is 2.93. The second-order valence-electron chi connectivity index (χ2n) is 7.64. The van der Waals surface area contributed by atoms with Crippen LogP contribution in [0.5, 0.6) is 0 Å². The number of nitrogens with one attached hydrogen (secondary N) is 1. The Balaban J connectivity index is 1.50. The average molecular weight is 444 g/mol. The lowest BCUT2D eigenvalue weighted by Gasteiger charge is -2.35. The van der Waals surface area contributed by atoms with Crippen molar-refractivity contribution < 1.29 is 0 Å². The van der Waals surface area contributed by atoms with Gasteiger partial charge >= 0.3 is 0 Å². The summed E-state index contributed by atoms with van der Waals surface area (Å²) in [6.45, 7) is 5.47. The smallest absolute Gasteiger partial charge is 0.126 e. The van der Waals surface area contributed by atoms with E-state index in [2.05, 4.69) is 41.1 Å². The molecule has 1 N–H and O–H groups in total. The van der Waals surface area contributed by atoms with Gasteiger partial charge in [-0.3, -0.25) is 5.01 Å².